The summed E-state index contributed by atoms with van der Waals surface area (Å²) in [5, 5.41) is 7.64. The number of aromatic nitrogens is 5. The Balaban J connectivity index is 2.39. The molecule has 0 aliphatic rings. The van der Waals surface area contributed by atoms with Crippen molar-refractivity contribution in [3.05, 3.63) is 45.4 Å². The van der Waals surface area contributed by atoms with Crippen molar-refractivity contribution in [3.8, 4) is 0 Å². The Morgan fingerprint density at radius 2 is 2.08 bits per heavy atom. The molecule has 2 heterocycles. The molecular weight excluding hydrogens is 332 g/mol. The Labute approximate surface area is 141 Å². The first kappa shape index (κ1) is 17.7. The minimum Gasteiger partial charge on any atom is -0.384 e. The first-order chi connectivity index (χ1) is 11.3. The Hall–Kier alpha value is -2.62. The number of hydrogen-bond acceptors (Lipinski definition) is 7. The lowest BCUT2D eigenvalue weighted by Crippen LogP contribution is -2.42. The minimum absolute atomic E-state index is 0.145. The normalized spacial score (nSPS) is 12.1. The molecular formula is C14H18N6O3S. The van der Waals surface area contributed by atoms with Gasteiger partial charge in [-0.3, -0.25) is 18.7 Å². The van der Waals surface area contributed by atoms with Gasteiger partial charge in [-0.05, 0) is 6.92 Å². The van der Waals surface area contributed by atoms with Gasteiger partial charge in [0.25, 0.3) is 5.56 Å². The van der Waals surface area contributed by atoms with Gasteiger partial charge in [0.2, 0.25) is 0 Å². The third-order valence-corrected chi connectivity index (χ3v) is 4.61. The van der Waals surface area contributed by atoms with Crippen LogP contribution >= 0.6 is 11.8 Å². The summed E-state index contributed by atoms with van der Waals surface area (Å²) in [4.78, 5) is 36.8. The average Bonchev–Trinajstić information content (AvgIpc) is 2.98. The van der Waals surface area contributed by atoms with E-state index in [1.807, 2.05) is 0 Å². The highest BCUT2D eigenvalue weighted by Crippen LogP contribution is 2.24. The standard InChI is InChI=1S/C14H18N6O3S/c1-5-6-20-7-16-17-13(20)24-8(2)10(21)9-11(15)18(3)14(23)19(4)12(9)22/h5,7-8H,1,6,15H2,2-4H3/t8-/m0/s1. The van der Waals surface area contributed by atoms with Crippen LogP contribution in [0.3, 0.4) is 0 Å². The molecule has 128 valence electrons. The fourth-order valence-electron chi connectivity index (χ4n) is 2.11. The second kappa shape index (κ2) is 6.87. The van der Waals surface area contributed by atoms with E-state index in [4.69, 9.17) is 5.73 Å². The molecule has 0 saturated heterocycles. The lowest BCUT2D eigenvalue weighted by atomic mass is 10.1. The van der Waals surface area contributed by atoms with Gasteiger partial charge in [0.15, 0.2) is 10.9 Å². The lowest BCUT2D eigenvalue weighted by molar-refractivity contribution is 0.0992. The van der Waals surface area contributed by atoms with Crippen molar-refractivity contribution in [2.75, 3.05) is 5.73 Å². The van der Waals surface area contributed by atoms with Crippen molar-refractivity contribution in [3.63, 3.8) is 0 Å². The summed E-state index contributed by atoms with van der Waals surface area (Å²) < 4.78 is 3.66. The molecule has 0 aliphatic carbocycles. The molecule has 0 saturated carbocycles. The van der Waals surface area contributed by atoms with Crippen LogP contribution in [0.5, 0.6) is 0 Å². The van der Waals surface area contributed by atoms with E-state index in [1.165, 1.54) is 20.4 Å². The molecule has 1 atom stereocenters. The van der Waals surface area contributed by atoms with Gasteiger partial charge in [-0.2, -0.15) is 0 Å². The van der Waals surface area contributed by atoms with Gasteiger partial charge in [0.05, 0.1) is 5.25 Å². The predicted octanol–water partition coefficient (Wildman–Crippen LogP) is -0.193. The molecule has 0 bridgehead atoms. The van der Waals surface area contributed by atoms with E-state index >= 15 is 0 Å². The minimum atomic E-state index is -0.708. The fourth-order valence-corrected chi connectivity index (χ4v) is 3.00. The van der Waals surface area contributed by atoms with Gasteiger partial charge in [-0.15, -0.1) is 16.8 Å². The van der Waals surface area contributed by atoms with Crippen LogP contribution in [0.1, 0.15) is 17.3 Å². The Morgan fingerprint density at radius 1 is 1.42 bits per heavy atom. The van der Waals surface area contributed by atoms with E-state index in [2.05, 4.69) is 16.8 Å². The molecule has 24 heavy (non-hydrogen) atoms. The van der Waals surface area contributed by atoms with E-state index < -0.39 is 22.3 Å². The summed E-state index contributed by atoms with van der Waals surface area (Å²) in [7, 11) is 2.71. The zero-order chi connectivity index (χ0) is 18.0. The second-order valence-electron chi connectivity index (χ2n) is 5.14. The molecule has 9 nitrogen and oxygen atoms in total. The molecule has 0 unspecified atom stereocenters. The number of rotatable bonds is 6. The van der Waals surface area contributed by atoms with Crippen LogP contribution in [-0.4, -0.2) is 34.9 Å². The maximum atomic E-state index is 12.7. The van der Waals surface area contributed by atoms with E-state index in [0.717, 1.165) is 20.9 Å². The SMILES string of the molecule is C=CCn1cnnc1S[C@@H](C)C(=O)c1c(N)n(C)c(=O)n(C)c1=O. The lowest BCUT2D eigenvalue weighted by Gasteiger charge is -2.14. The van der Waals surface area contributed by atoms with Crippen molar-refractivity contribution in [1.82, 2.24) is 23.9 Å². The van der Waals surface area contributed by atoms with Crippen molar-refractivity contribution < 1.29 is 4.79 Å². The van der Waals surface area contributed by atoms with Gasteiger partial charge in [0, 0.05) is 20.6 Å². The van der Waals surface area contributed by atoms with Gasteiger partial charge >= 0.3 is 5.69 Å². The number of hydrogen-bond donors (Lipinski definition) is 1. The summed E-state index contributed by atoms with van der Waals surface area (Å²) in [5.74, 6) is -0.616. The summed E-state index contributed by atoms with van der Waals surface area (Å²) in [5.41, 5.74) is 4.33. The molecule has 0 radical (unpaired) electrons. The van der Waals surface area contributed by atoms with Crippen LogP contribution in [0, 0.1) is 0 Å². The maximum Gasteiger partial charge on any atom is 0.332 e. The third kappa shape index (κ3) is 3.04. The Bertz CT molecular complexity index is 910. The van der Waals surface area contributed by atoms with Gasteiger partial charge in [0.1, 0.15) is 17.7 Å². The summed E-state index contributed by atoms with van der Waals surface area (Å²) >= 11 is 1.15. The number of nitrogens with zero attached hydrogens (tertiary/aromatic N) is 5. The van der Waals surface area contributed by atoms with Crippen LogP contribution in [0.2, 0.25) is 0 Å². The number of thioether (sulfide) groups is 1. The first-order valence-corrected chi connectivity index (χ1v) is 7.92. The molecule has 2 rings (SSSR count). The molecule has 0 aliphatic heterocycles. The summed E-state index contributed by atoms with van der Waals surface area (Å²) in [6.07, 6.45) is 3.21. The number of nitrogens with two attached hydrogens (primary N) is 1. The van der Waals surface area contributed by atoms with Gasteiger partial charge in [-0.25, -0.2) is 4.79 Å². The molecule has 0 fully saturated rings. The van der Waals surface area contributed by atoms with Crippen molar-refractivity contribution >= 4 is 23.4 Å². The topological polar surface area (TPSA) is 118 Å². The van der Waals surface area contributed by atoms with Crippen LogP contribution < -0.4 is 17.0 Å². The van der Waals surface area contributed by atoms with E-state index in [0.29, 0.717) is 11.7 Å². The van der Waals surface area contributed by atoms with Crippen LogP contribution in [0.15, 0.2) is 33.7 Å². The molecule has 2 aromatic heterocycles. The number of Topliss-reactive ketones (excluding diaryl/α,β-unsaturated/α-hetero) is 1. The number of carbonyl (C=O) groups is 1. The van der Waals surface area contributed by atoms with Crippen molar-refractivity contribution in [2.45, 2.75) is 23.9 Å². The zero-order valence-corrected chi connectivity index (χ0v) is 14.4. The third-order valence-electron chi connectivity index (χ3n) is 3.51. The summed E-state index contributed by atoms with van der Waals surface area (Å²) in [6.45, 7) is 5.79. The highest BCUT2D eigenvalue weighted by atomic mass is 32.2. The Kier molecular flexibility index (Phi) is 5.07. The number of ketones is 1. The van der Waals surface area contributed by atoms with Gasteiger partial charge < -0.3 is 10.3 Å². The van der Waals surface area contributed by atoms with Crippen molar-refractivity contribution in [2.24, 2.45) is 14.1 Å². The highest BCUT2D eigenvalue weighted by molar-refractivity contribution is 8.00. The van der Waals surface area contributed by atoms with E-state index in [-0.39, 0.29) is 11.4 Å². The second-order valence-corrected chi connectivity index (χ2v) is 6.45. The molecule has 2 aromatic rings. The number of anilines is 1. The summed E-state index contributed by atoms with van der Waals surface area (Å²) in [6, 6.07) is 0. The molecule has 0 aromatic carbocycles. The quantitative estimate of drug-likeness (QED) is 0.436. The number of allylic oxidation sites excluding steroid dienone is 1. The van der Waals surface area contributed by atoms with Crippen LogP contribution in [-0.2, 0) is 20.6 Å². The largest absolute Gasteiger partial charge is 0.384 e. The molecule has 0 spiro atoms. The van der Waals surface area contributed by atoms with E-state index in [9.17, 15) is 14.4 Å². The van der Waals surface area contributed by atoms with E-state index in [1.54, 1.807) is 17.6 Å². The maximum absolute atomic E-state index is 12.7. The van der Waals surface area contributed by atoms with Gasteiger partial charge in [-0.1, -0.05) is 17.8 Å². The number of carbonyl (C=O) groups excluding carboxylic acids is 1. The molecule has 2 N–H and O–H groups in total. The average molecular weight is 350 g/mol. The highest BCUT2D eigenvalue weighted by Gasteiger charge is 2.26. The zero-order valence-electron chi connectivity index (χ0n) is 13.6. The Morgan fingerprint density at radius 3 is 2.71 bits per heavy atom. The molecule has 0 amide bonds. The smallest absolute Gasteiger partial charge is 0.332 e. The number of nitrogen functional groups attached to an aromatic ring is 1. The predicted molar refractivity (Wildman–Crippen MR) is 91.2 cm³/mol. The monoisotopic (exact) mass is 350 g/mol. The molecule has 10 heteroatoms. The van der Waals surface area contributed by atoms with Crippen molar-refractivity contribution in [1.29, 1.82) is 0 Å². The van der Waals surface area contributed by atoms with Crippen LogP contribution in [0.25, 0.3) is 0 Å². The fraction of sp³-hybridized carbons (Fsp3) is 0.357. The van der Waals surface area contributed by atoms with Crippen LogP contribution in [0.4, 0.5) is 5.82 Å². The first-order valence-electron chi connectivity index (χ1n) is 7.04.